The van der Waals surface area contributed by atoms with Gasteiger partial charge in [-0.25, -0.2) is 0 Å². The maximum Gasteiger partial charge on any atom is 0.0618 e. The molecule has 0 N–H and O–H groups in total. The number of hydrogen-bond acceptors (Lipinski definition) is 4. The van der Waals surface area contributed by atoms with Gasteiger partial charge in [0.2, 0.25) is 0 Å². The van der Waals surface area contributed by atoms with Crippen molar-refractivity contribution < 1.29 is 4.74 Å². The van der Waals surface area contributed by atoms with Crippen LogP contribution in [0.25, 0.3) is 0 Å². The molecule has 98 valence electrons. The van der Waals surface area contributed by atoms with Gasteiger partial charge >= 0.3 is 0 Å². The number of rotatable bonds is 2. The third kappa shape index (κ3) is 2.70. The zero-order chi connectivity index (χ0) is 12.2. The summed E-state index contributed by atoms with van der Waals surface area (Å²) in [5.41, 5.74) is 1.17. The van der Waals surface area contributed by atoms with E-state index >= 15 is 0 Å². The molecule has 3 rings (SSSR count). The van der Waals surface area contributed by atoms with Crippen molar-refractivity contribution in [3.05, 3.63) is 24.3 Å². The van der Waals surface area contributed by atoms with Crippen molar-refractivity contribution in [3.8, 4) is 0 Å². The maximum atomic E-state index is 5.44. The summed E-state index contributed by atoms with van der Waals surface area (Å²) in [6, 6.07) is 0.751. The van der Waals surface area contributed by atoms with Gasteiger partial charge in [-0.1, -0.05) is 0 Å². The van der Waals surface area contributed by atoms with Gasteiger partial charge in [0, 0.05) is 43.8 Å². The number of hydrogen-bond donors (Lipinski definition) is 0. The Hall–Kier alpha value is -1.00. The maximum absolute atomic E-state index is 5.44. The lowest BCUT2D eigenvalue weighted by atomic mass is 9.92. The molecule has 0 aromatic carbocycles. The molecule has 18 heavy (non-hydrogen) atoms. The van der Waals surface area contributed by atoms with Gasteiger partial charge in [0.05, 0.1) is 5.69 Å². The second-order valence-corrected chi connectivity index (χ2v) is 5.28. The van der Waals surface area contributed by atoms with Crippen molar-refractivity contribution in [1.29, 1.82) is 0 Å². The van der Waals surface area contributed by atoms with Gasteiger partial charge in [-0.15, -0.1) is 0 Å². The third-order valence-electron chi connectivity index (χ3n) is 4.24. The predicted molar refractivity (Wildman–Crippen MR) is 69.4 cm³/mol. The highest BCUT2D eigenvalue weighted by Gasteiger charge is 2.27. The largest absolute Gasteiger partial charge is 0.381 e. The molecule has 0 spiro atoms. The van der Waals surface area contributed by atoms with E-state index < -0.39 is 0 Å². The molecular formula is C14H21N3O. The quantitative estimate of drug-likeness (QED) is 0.799. The molecule has 0 atom stereocenters. The normalized spacial score (nSPS) is 24.2. The van der Waals surface area contributed by atoms with Gasteiger partial charge in [-0.2, -0.15) is 0 Å². The summed E-state index contributed by atoms with van der Waals surface area (Å²) in [6.07, 6.45) is 10.3. The summed E-state index contributed by atoms with van der Waals surface area (Å²) in [6.45, 7) is 4.28. The monoisotopic (exact) mass is 247 g/mol. The topological polar surface area (TPSA) is 38.2 Å². The highest BCUT2D eigenvalue weighted by Crippen LogP contribution is 2.28. The van der Waals surface area contributed by atoms with Crippen LogP contribution in [0, 0.1) is 0 Å². The van der Waals surface area contributed by atoms with Gasteiger partial charge < -0.3 is 9.64 Å². The van der Waals surface area contributed by atoms with Gasteiger partial charge in [0.25, 0.3) is 0 Å². The van der Waals surface area contributed by atoms with Crippen molar-refractivity contribution >= 4 is 0 Å². The molecule has 0 aliphatic carbocycles. The highest BCUT2D eigenvalue weighted by molar-refractivity contribution is 5.05. The minimum absolute atomic E-state index is 0.606. The van der Waals surface area contributed by atoms with Crippen LogP contribution in [-0.4, -0.2) is 47.2 Å². The number of nitrogens with zero attached hydrogens (tertiary/aromatic N) is 3. The first-order valence-electron chi connectivity index (χ1n) is 7.01. The van der Waals surface area contributed by atoms with Crippen LogP contribution in [0.1, 0.15) is 37.3 Å². The molecule has 2 aliphatic rings. The second-order valence-electron chi connectivity index (χ2n) is 5.28. The Kier molecular flexibility index (Phi) is 3.86. The average molecular weight is 247 g/mol. The van der Waals surface area contributed by atoms with E-state index in [4.69, 9.17) is 4.74 Å². The number of ether oxygens (including phenoxy) is 1. The van der Waals surface area contributed by atoms with Crippen molar-refractivity contribution in [2.24, 2.45) is 0 Å². The standard InChI is InChI=1S/C14H21N3O/c1-7-17(13-3-9-18-10-4-13)8-2-12(1)14-11-15-5-6-16-14/h5-6,11-13H,1-4,7-10H2. The van der Waals surface area contributed by atoms with Crippen molar-refractivity contribution in [1.82, 2.24) is 14.9 Å². The van der Waals surface area contributed by atoms with E-state index in [9.17, 15) is 0 Å². The van der Waals surface area contributed by atoms with E-state index in [-0.39, 0.29) is 0 Å². The lowest BCUT2D eigenvalue weighted by molar-refractivity contribution is 0.0250. The van der Waals surface area contributed by atoms with Crippen molar-refractivity contribution in [2.75, 3.05) is 26.3 Å². The molecule has 3 heterocycles. The van der Waals surface area contributed by atoms with Crippen LogP contribution in [-0.2, 0) is 4.74 Å². The molecule has 2 fully saturated rings. The summed E-state index contributed by atoms with van der Waals surface area (Å²) >= 11 is 0. The van der Waals surface area contributed by atoms with Gasteiger partial charge in [-0.05, 0) is 38.8 Å². The van der Waals surface area contributed by atoms with Crippen LogP contribution in [0.3, 0.4) is 0 Å². The van der Waals surface area contributed by atoms with Crippen LogP contribution < -0.4 is 0 Å². The SMILES string of the molecule is c1cnc(C2CCN(C3CCOCC3)CC2)cn1. The van der Waals surface area contributed by atoms with Crippen LogP contribution in [0.4, 0.5) is 0 Å². The lowest BCUT2D eigenvalue weighted by Gasteiger charge is -2.39. The van der Waals surface area contributed by atoms with E-state index in [1.54, 1.807) is 12.4 Å². The van der Waals surface area contributed by atoms with E-state index in [1.165, 1.54) is 44.5 Å². The molecule has 1 aromatic heterocycles. The summed E-state index contributed by atoms with van der Waals surface area (Å²) in [4.78, 5) is 11.3. The Morgan fingerprint density at radius 1 is 1.06 bits per heavy atom. The van der Waals surface area contributed by atoms with Crippen LogP contribution in [0.15, 0.2) is 18.6 Å². The molecule has 0 unspecified atom stereocenters. The molecule has 4 heteroatoms. The Morgan fingerprint density at radius 2 is 1.83 bits per heavy atom. The number of piperidine rings is 1. The molecule has 1 aromatic rings. The van der Waals surface area contributed by atoms with E-state index in [2.05, 4.69) is 14.9 Å². The highest BCUT2D eigenvalue weighted by atomic mass is 16.5. The zero-order valence-corrected chi connectivity index (χ0v) is 10.8. The third-order valence-corrected chi connectivity index (χ3v) is 4.24. The first kappa shape index (κ1) is 12.1. The average Bonchev–Trinajstić information content (AvgIpc) is 2.49. The molecule has 2 saturated heterocycles. The minimum atomic E-state index is 0.606. The first-order valence-corrected chi connectivity index (χ1v) is 7.01. The fourth-order valence-corrected chi connectivity index (χ4v) is 3.13. The van der Waals surface area contributed by atoms with E-state index in [1.807, 2.05) is 6.20 Å². The van der Waals surface area contributed by atoms with Crippen molar-refractivity contribution in [3.63, 3.8) is 0 Å². The van der Waals surface area contributed by atoms with E-state index in [0.717, 1.165) is 19.3 Å². The van der Waals surface area contributed by atoms with Gasteiger partial charge in [0.15, 0.2) is 0 Å². The van der Waals surface area contributed by atoms with Gasteiger partial charge in [-0.3, -0.25) is 9.97 Å². The lowest BCUT2D eigenvalue weighted by Crippen LogP contribution is -2.43. The molecule has 4 nitrogen and oxygen atoms in total. The molecule has 0 amide bonds. The zero-order valence-electron chi connectivity index (χ0n) is 10.8. The van der Waals surface area contributed by atoms with Gasteiger partial charge in [0.1, 0.15) is 0 Å². The van der Waals surface area contributed by atoms with Crippen molar-refractivity contribution in [2.45, 2.75) is 37.6 Å². The molecule has 0 radical (unpaired) electrons. The summed E-state index contributed by atoms with van der Waals surface area (Å²) < 4.78 is 5.44. The number of aromatic nitrogens is 2. The molecule has 0 saturated carbocycles. The smallest absolute Gasteiger partial charge is 0.0618 e. The van der Waals surface area contributed by atoms with Crippen LogP contribution in [0.2, 0.25) is 0 Å². The predicted octanol–water partition coefficient (Wildman–Crippen LogP) is 1.83. The Labute approximate surface area is 108 Å². The van der Waals surface area contributed by atoms with E-state index in [0.29, 0.717) is 5.92 Å². The minimum Gasteiger partial charge on any atom is -0.381 e. The molecular weight excluding hydrogens is 226 g/mol. The van der Waals surface area contributed by atoms with Crippen LogP contribution >= 0.6 is 0 Å². The first-order chi connectivity index (χ1) is 8.93. The Balaban J connectivity index is 1.54. The fourth-order valence-electron chi connectivity index (χ4n) is 3.13. The second kappa shape index (κ2) is 5.76. The summed E-state index contributed by atoms with van der Waals surface area (Å²) in [5.74, 6) is 0.606. The Morgan fingerprint density at radius 3 is 2.50 bits per heavy atom. The summed E-state index contributed by atoms with van der Waals surface area (Å²) in [7, 11) is 0. The fraction of sp³-hybridized carbons (Fsp3) is 0.714. The Bertz CT molecular complexity index is 357. The number of likely N-dealkylation sites (tertiary alicyclic amines) is 1. The molecule has 0 bridgehead atoms. The molecule has 2 aliphatic heterocycles. The van der Waals surface area contributed by atoms with Crippen LogP contribution in [0.5, 0.6) is 0 Å². The summed E-state index contributed by atoms with van der Waals surface area (Å²) in [5, 5.41) is 0.